The fourth-order valence-electron chi connectivity index (χ4n) is 4.77. The zero-order chi connectivity index (χ0) is 20.8. The van der Waals surface area contributed by atoms with Crippen LogP contribution >= 0.6 is 0 Å². The summed E-state index contributed by atoms with van der Waals surface area (Å²) in [4.78, 5) is 30.1. The fraction of sp³-hybridized carbons (Fsp3) is 0.667. The maximum Gasteiger partial charge on any atom is 0.237 e. The number of hydrogen-bond acceptors (Lipinski definition) is 3. The van der Waals surface area contributed by atoms with Crippen molar-refractivity contribution in [2.24, 2.45) is 11.8 Å². The lowest BCUT2D eigenvalue weighted by molar-refractivity contribution is -0.138. The van der Waals surface area contributed by atoms with Crippen molar-refractivity contribution < 1.29 is 9.59 Å². The Hall–Kier alpha value is -1.88. The minimum Gasteiger partial charge on any atom is -0.351 e. The monoisotopic (exact) mass is 399 g/mol. The van der Waals surface area contributed by atoms with E-state index in [0.29, 0.717) is 12.5 Å². The van der Waals surface area contributed by atoms with Gasteiger partial charge >= 0.3 is 0 Å². The minimum atomic E-state index is -0.0665. The van der Waals surface area contributed by atoms with Crippen LogP contribution in [0.15, 0.2) is 24.3 Å². The summed E-state index contributed by atoms with van der Waals surface area (Å²) in [5, 5.41) is 3.20. The highest BCUT2D eigenvalue weighted by Gasteiger charge is 2.37. The lowest BCUT2D eigenvalue weighted by atomic mass is 9.94. The summed E-state index contributed by atoms with van der Waals surface area (Å²) in [6, 6.07) is 8.25. The third-order valence-corrected chi connectivity index (χ3v) is 6.72. The van der Waals surface area contributed by atoms with E-state index in [-0.39, 0.29) is 23.8 Å². The molecule has 1 aromatic carbocycles. The lowest BCUT2D eigenvalue weighted by Crippen LogP contribution is -2.58. The molecule has 160 valence electrons. The van der Waals surface area contributed by atoms with Crippen LogP contribution in [0, 0.1) is 18.8 Å². The van der Waals surface area contributed by atoms with Crippen molar-refractivity contribution in [2.75, 3.05) is 26.2 Å². The molecule has 29 heavy (non-hydrogen) atoms. The van der Waals surface area contributed by atoms with Gasteiger partial charge in [-0.1, -0.05) is 56.5 Å². The van der Waals surface area contributed by atoms with Crippen molar-refractivity contribution in [1.82, 2.24) is 15.1 Å². The molecule has 1 saturated heterocycles. The van der Waals surface area contributed by atoms with Crippen LogP contribution in [-0.2, 0) is 16.1 Å². The largest absolute Gasteiger partial charge is 0.351 e. The lowest BCUT2D eigenvalue weighted by Gasteiger charge is -2.41. The molecule has 1 N–H and O–H groups in total. The molecule has 0 spiro atoms. The van der Waals surface area contributed by atoms with E-state index >= 15 is 0 Å². The second-order valence-electron chi connectivity index (χ2n) is 8.87. The molecule has 0 unspecified atom stereocenters. The molecule has 5 heteroatoms. The van der Waals surface area contributed by atoms with Crippen LogP contribution in [0.4, 0.5) is 0 Å². The maximum absolute atomic E-state index is 13.2. The predicted molar refractivity (Wildman–Crippen MR) is 116 cm³/mol. The van der Waals surface area contributed by atoms with Crippen molar-refractivity contribution in [2.45, 2.75) is 65.5 Å². The van der Waals surface area contributed by atoms with E-state index < -0.39 is 0 Å². The third kappa shape index (κ3) is 5.59. The van der Waals surface area contributed by atoms with Crippen molar-refractivity contribution in [3.63, 3.8) is 0 Å². The van der Waals surface area contributed by atoms with Gasteiger partial charge in [0.15, 0.2) is 0 Å². The molecule has 0 bridgehead atoms. The number of amides is 2. The van der Waals surface area contributed by atoms with Gasteiger partial charge in [-0.05, 0) is 37.7 Å². The molecular weight excluding hydrogens is 362 g/mol. The second kappa shape index (κ2) is 10.2. The fourth-order valence-corrected chi connectivity index (χ4v) is 4.77. The van der Waals surface area contributed by atoms with E-state index in [4.69, 9.17) is 0 Å². The zero-order valence-corrected chi connectivity index (χ0v) is 18.3. The van der Waals surface area contributed by atoms with E-state index in [1.165, 1.54) is 18.4 Å². The molecule has 5 nitrogen and oxygen atoms in total. The summed E-state index contributed by atoms with van der Waals surface area (Å²) in [5.74, 6) is 0.933. The quantitative estimate of drug-likeness (QED) is 0.765. The first-order chi connectivity index (χ1) is 14.0. The third-order valence-electron chi connectivity index (χ3n) is 6.72. The molecular formula is C24H37N3O2. The van der Waals surface area contributed by atoms with Crippen LogP contribution in [0.3, 0.4) is 0 Å². The highest BCUT2D eigenvalue weighted by molar-refractivity contribution is 5.82. The predicted octanol–water partition coefficient (Wildman–Crippen LogP) is 3.36. The summed E-state index contributed by atoms with van der Waals surface area (Å²) in [6.07, 6.45) is 5.59. The van der Waals surface area contributed by atoms with E-state index in [9.17, 15) is 9.59 Å². The molecule has 1 aliphatic carbocycles. The van der Waals surface area contributed by atoms with Gasteiger partial charge in [-0.15, -0.1) is 0 Å². The van der Waals surface area contributed by atoms with Crippen LogP contribution in [0.5, 0.6) is 0 Å². The van der Waals surface area contributed by atoms with Gasteiger partial charge in [0.05, 0.1) is 6.04 Å². The molecule has 2 aliphatic rings. The van der Waals surface area contributed by atoms with E-state index in [1.807, 2.05) is 17.9 Å². The number of rotatable bonds is 7. The molecule has 1 heterocycles. The number of aryl methyl sites for hydroxylation is 1. The first kappa shape index (κ1) is 21.8. The van der Waals surface area contributed by atoms with Crippen LogP contribution in [-0.4, -0.2) is 53.8 Å². The molecule has 1 saturated carbocycles. The SMILES string of the molecule is CC[C@@H](C)C(=O)N1CCN([C@@H](C(=O)NCc2cccc(C)c2)C2CCCC2)CC1. The molecule has 1 aliphatic heterocycles. The van der Waals surface area contributed by atoms with Crippen LogP contribution in [0.25, 0.3) is 0 Å². The minimum absolute atomic E-state index is 0.0665. The van der Waals surface area contributed by atoms with Crippen LogP contribution in [0.2, 0.25) is 0 Å². The Morgan fingerprint density at radius 2 is 1.83 bits per heavy atom. The number of hydrogen-bond donors (Lipinski definition) is 1. The molecule has 0 radical (unpaired) electrons. The van der Waals surface area contributed by atoms with Gasteiger partial charge in [-0.2, -0.15) is 0 Å². The van der Waals surface area contributed by atoms with Crippen molar-refractivity contribution in [1.29, 1.82) is 0 Å². The number of piperazine rings is 1. The van der Waals surface area contributed by atoms with Crippen molar-refractivity contribution in [3.05, 3.63) is 35.4 Å². The van der Waals surface area contributed by atoms with E-state index in [2.05, 4.69) is 42.3 Å². The first-order valence-electron chi connectivity index (χ1n) is 11.4. The van der Waals surface area contributed by atoms with Crippen molar-refractivity contribution >= 4 is 11.8 Å². The van der Waals surface area contributed by atoms with Gasteiger partial charge in [-0.25, -0.2) is 0 Å². The van der Waals surface area contributed by atoms with Gasteiger partial charge in [0.25, 0.3) is 0 Å². The molecule has 2 amide bonds. The van der Waals surface area contributed by atoms with Crippen molar-refractivity contribution in [3.8, 4) is 0 Å². The second-order valence-corrected chi connectivity index (χ2v) is 8.87. The highest BCUT2D eigenvalue weighted by atomic mass is 16.2. The topological polar surface area (TPSA) is 52.7 Å². The summed E-state index contributed by atoms with van der Waals surface area (Å²) >= 11 is 0. The number of benzene rings is 1. The Morgan fingerprint density at radius 3 is 2.45 bits per heavy atom. The Morgan fingerprint density at radius 1 is 1.14 bits per heavy atom. The average molecular weight is 400 g/mol. The van der Waals surface area contributed by atoms with Gasteiger partial charge in [-0.3, -0.25) is 14.5 Å². The average Bonchev–Trinajstić information content (AvgIpc) is 3.26. The van der Waals surface area contributed by atoms with E-state index in [0.717, 1.165) is 51.0 Å². The highest BCUT2D eigenvalue weighted by Crippen LogP contribution is 2.31. The zero-order valence-electron chi connectivity index (χ0n) is 18.3. The van der Waals surface area contributed by atoms with Gasteiger partial charge < -0.3 is 10.2 Å². The van der Waals surface area contributed by atoms with Crippen LogP contribution < -0.4 is 5.32 Å². The Balaban J connectivity index is 1.61. The number of nitrogens with one attached hydrogen (secondary N) is 1. The molecule has 1 aromatic rings. The van der Waals surface area contributed by atoms with Crippen LogP contribution in [0.1, 0.15) is 57.1 Å². The summed E-state index contributed by atoms with van der Waals surface area (Å²) in [6.45, 7) is 9.78. The van der Waals surface area contributed by atoms with Gasteiger partial charge in [0.2, 0.25) is 11.8 Å². The van der Waals surface area contributed by atoms with Gasteiger partial charge in [0.1, 0.15) is 0 Å². The maximum atomic E-state index is 13.2. The Kier molecular flexibility index (Phi) is 7.70. The first-order valence-corrected chi connectivity index (χ1v) is 11.4. The summed E-state index contributed by atoms with van der Waals surface area (Å²) in [5.41, 5.74) is 2.36. The number of carbonyl (C=O) groups is 2. The normalized spacial score (nSPS) is 20.4. The molecule has 2 fully saturated rings. The van der Waals surface area contributed by atoms with Gasteiger partial charge in [0, 0.05) is 38.6 Å². The smallest absolute Gasteiger partial charge is 0.237 e. The Labute approximate surface area is 175 Å². The van der Waals surface area contributed by atoms with E-state index in [1.54, 1.807) is 0 Å². The number of nitrogens with zero attached hydrogens (tertiary/aromatic N) is 2. The number of carbonyl (C=O) groups excluding carboxylic acids is 2. The standard InChI is InChI=1S/C24H37N3O2/c1-4-19(3)24(29)27-14-12-26(13-15-27)22(21-10-5-6-11-21)23(28)25-17-20-9-7-8-18(2)16-20/h7-9,16,19,21-22H,4-6,10-15,17H2,1-3H3,(H,25,28)/t19-,22-/m1/s1. The molecule has 2 atom stereocenters. The summed E-state index contributed by atoms with van der Waals surface area (Å²) < 4.78 is 0. The molecule has 0 aromatic heterocycles. The molecule has 3 rings (SSSR count). The summed E-state index contributed by atoms with van der Waals surface area (Å²) in [7, 11) is 0. The Bertz CT molecular complexity index is 691.